The Morgan fingerprint density at radius 2 is 1.69 bits per heavy atom. The molecule has 1 fully saturated rings. The first-order valence-electron chi connectivity index (χ1n) is 9.88. The van der Waals surface area contributed by atoms with Crippen LogP contribution < -0.4 is 4.90 Å². The maximum atomic E-state index is 5.00. The Kier molecular flexibility index (Phi) is 4.13. The molecule has 0 bridgehead atoms. The van der Waals surface area contributed by atoms with E-state index in [2.05, 4.69) is 62.9 Å². The molecule has 0 atom stereocenters. The Morgan fingerprint density at radius 3 is 2.54 bits per heavy atom. The van der Waals surface area contributed by atoms with Crippen LogP contribution in [0.15, 0.2) is 48.5 Å². The van der Waals surface area contributed by atoms with Crippen molar-refractivity contribution < 1.29 is 0 Å². The van der Waals surface area contributed by atoms with Crippen LogP contribution in [0.1, 0.15) is 17.5 Å². The molecule has 134 valence electrons. The molecule has 2 aromatic carbocycles. The van der Waals surface area contributed by atoms with Crippen molar-refractivity contribution in [3.05, 3.63) is 59.7 Å². The Labute approximate surface area is 155 Å². The standard InChI is InChI=1S/C22H26N4/c1-2-6-18(7-3-1)11-13-24-14-16-25(17-15-24)22-23-20-10-4-8-19-9-5-12-26(22)21(19)20/h1-4,6-8,10H,5,9,11-17H2. The molecule has 2 aliphatic rings. The molecule has 2 aliphatic heterocycles. The van der Waals surface area contributed by atoms with Gasteiger partial charge < -0.3 is 9.47 Å². The van der Waals surface area contributed by atoms with Crippen LogP contribution in [0.25, 0.3) is 11.0 Å². The van der Waals surface area contributed by atoms with Gasteiger partial charge in [-0.05, 0) is 36.5 Å². The molecule has 26 heavy (non-hydrogen) atoms. The van der Waals surface area contributed by atoms with Crippen LogP contribution in [0.2, 0.25) is 0 Å². The summed E-state index contributed by atoms with van der Waals surface area (Å²) < 4.78 is 2.47. The normalized spacial score (nSPS) is 17.8. The maximum absolute atomic E-state index is 5.00. The average molecular weight is 346 g/mol. The third kappa shape index (κ3) is 2.88. The molecule has 0 aliphatic carbocycles. The number of benzene rings is 2. The van der Waals surface area contributed by atoms with Gasteiger partial charge in [-0.15, -0.1) is 0 Å². The number of hydrogen-bond donors (Lipinski definition) is 0. The van der Waals surface area contributed by atoms with Crippen LogP contribution >= 0.6 is 0 Å². The Hall–Kier alpha value is -2.33. The molecule has 0 spiro atoms. The topological polar surface area (TPSA) is 24.3 Å². The van der Waals surface area contributed by atoms with Gasteiger partial charge in [-0.1, -0.05) is 42.5 Å². The Balaban J connectivity index is 1.27. The third-order valence-corrected chi connectivity index (χ3v) is 5.87. The third-order valence-electron chi connectivity index (χ3n) is 5.87. The van der Waals surface area contributed by atoms with Crippen LogP contribution in [0.4, 0.5) is 5.95 Å². The molecule has 0 radical (unpaired) electrons. The number of nitrogens with zero attached hydrogens (tertiary/aromatic N) is 4. The Bertz CT molecular complexity index is 891. The lowest BCUT2D eigenvalue weighted by molar-refractivity contribution is 0.259. The van der Waals surface area contributed by atoms with Crippen LogP contribution in [0, 0.1) is 0 Å². The predicted octanol–water partition coefficient (Wildman–Crippen LogP) is 3.35. The molecule has 4 nitrogen and oxygen atoms in total. The minimum atomic E-state index is 1.08. The quantitative estimate of drug-likeness (QED) is 0.724. The smallest absolute Gasteiger partial charge is 0.206 e. The van der Waals surface area contributed by atoms with E-state index in [1.165, 1.54) is 41.0 Å². The van der Waals surface area contributed by atoms with Crippen molar-refractivity contribution in [1.29, 1.82) is 0 Å². The fraction of sp³-hybridized carbons (Fsp3) is 0.409. The number of anilines is 1. The zero-order chi connectivity index (χ0) is 17.3. The van der Waals surface area contributed by atoms with E-state index in [1.807, 2.05) is 0 Å². The van der Waals surface area contributed by atoms with Crippen molar-refractivity contribution in [3.63, 3.8) is 0 Å². The molecule has 4 heteroatoms. The van der Waals surface area contributed by atoms with E-state index in [-0.39, 0.29) is 0 Å². The van der Waals surface area contributed by atoms with Gasteiger partial charge in [-0.2, -0.15) is 0 Å². The van der Waals surface area contributed by atoms with E-state index in [0.29, 0.717) is 0 Å². The van der Waals surface area contributed by atoms with Crippen molar-refractivity contribution in [1.82, 2.24) is 14.5 Å². The zero-order valence-corrected chi connectivity index (χ0v) is 15.3. The van der Waals surface area contributed by atoms with Crippen molar-refractivity contribution in [3.8, 4) is 0 Å². The number of aromatic nitrogens is 2. The van der Waals surface area contributed by atoms with Gasteiger partial charge in [-0.3, -0.25) is 4.90 Å². The molecule has 1 aromatic heterocycles. The summed E-state index contributed by atoms with van der Waals surface area (Å²) in [5.41, 5.74) is 5.45. The van der Waals surface area contributed by atoms with Crippen LogP contribution in [0.3, 0.4) is 0 Å². The molecule has 0 N–H and O–H groups in total. The second kappa shape index (κ2) is 6.76. The van der Waals surface area contributed by atoms with Crippen molar-refractivity contribution in [2.24, 2.45) is 0 Å². The van der Waals surface area contributed by atoms with E-state index < -0.39 is 0 Å². The highest BCUT2D eigenvalue weighted by Gasteiger charge is 2.24. The van der Waals surface area contributed by atoms with Gasteiger partial charge in [0.1, 0.15) is 0 Å². The molecular formula is C22H26N4. The molecule has 0 saturated carbocycles. The largest absolute Gasteiger partial charge is 0.340 e. The van der Waals surface area contributed by atoms with E-state index in [1.54, 1.807) is 0 Å². The maximum Gasteiger partial charge on any atom is 0.206 e. The number of aryl methyl sites for hydroxylation is 2. The van der Waals surface area contributed by atoms with Gasteiger partial charge in [0.15, 0.2) is 0 Å². The first-order chi connectivity index (χ1) is 12.9. The molecule has 5 rings (SSSR count). The van der Waals surface area contributed by atoms with Crippen molar-refractivity contribution in [2.45, 2.75) is 25.8 Å². The summed E-state index contributed by atoms with van der Waals surface area (Å²) >= 11 is 0. The summed E-state index contributed by atoms with van der Waals surface area (Å²) in [6.45, 7) is 6.67. The summed E-state index contributed by atoms with van der Waals surface area (Å²) in [5.74, 6) is 1.19. The fourth-order valence-corrected chi connectivity index (χ4v) is 4.43. The first kappa shape index (κ1) is 15.9. The minimum Gasteiger partial charge on any atom is -0.340 e. The van der Waals surface area contributed by atoms with Gasteiger partial charge in [0, 0.05) is 39.3 Å². The van der Waals surface area contributed by atoms with Gasteiger partial charge in [-0.25, -0.2) is 4.98 Å². The lowest BCUT2D eigenvalue weighted by Gasteiger charge is -2.35. The highest BCUT2D eigenvalue weighted by Crippen LogP contribution is 2.30. The SMILES string of the molecule is c1ccc(CCN2CCN(c3nc4cccc5c4n3CCC5)CC2)cc1. The van der Waals surface area contributed by atoms with Gasteiger partial charge in [0.25, 0.3) is 0 Å². The number of para-hydroxylation sites is 1. The van der Waals surface area contributed by atoms with Crippen LogP contribution in [-0.4, -0.2) is 47.2 Å². The summed E-state index contributed by atoms with van der Waals surface area (Å²) in [7, 11) is 0. The molecule has 3 aromatic rings. The first-order valence-corrected chi connectivity index (χ1v) is 9.88. The monoisotopic (exact) mass is 346 g/mol. The lowest BCUT2D eigenvalue weighted by Crippen LogP contribution is -2.47. The minimum absolute atomic E-state index is 1.08. The number of rotatable bonds is 4. The van der Waals surface area contributed by atoms with E-state index in [4.69, 9.17) is 4.98 Å². The second-order valence-electron chi connectivity index (χ2n) is 7.52. The zero-order valence-electron chi connectivity index (χ0n) is 15.3. The molecule has 0 amide bonds. The molecular weight excluding hydrogens is 320 g/mol. The second-order valence-corrected chi connectivity index (χ2v) is 7.52. The Morgan fingerprint density at radius 1 is 0.846 bits per heavy atom. The highest BCUT2D eigenvalue weighted by molar-refractivity contribution is 5.82. The highest BCUT2D eigenvalue weighted by atomic mass is 15.4. The average Bonchev–Trinajstić information content (AvgIpc) is 3.09. The van der Waals surface area contributed by atoms with Crippen LogP contribution in [0.5, 0.6) is 0 Å². The summed E-state index contributed by atoms with van der Waals surface area (Å²) in [4.78, 5) is 10.1. The van der Waals surface area contributed by atoms with Gasteiger partial charge in [0.05, 0.1) is 11.0 Å². The van der Waals surface area contributed by atoms with E-state index in [9.17, 15) is 0 Å². The van der Waals surface area contributed by atoms with Gasteiger partial charge >= 0.3 is 0 Å². The lowest BCUT2D eigenvalue weighted by atomic mass is 10.0. The number of imidazole rings is 1. The van der Waals surface area contributed by atoms with Gasteiger partial charge in [0.2, 0.25) is 5.95 Å². The predicted molar refractivity (Wildman–Crippen MR) is 107 cm³/mol. The van der Waals surface area contributed by atoms with E-state index >= 15 is 0 Å². The molecule has 1 saturated heterocycles. The summed E-state index contributed by atoms with van der Waals surface area (Å²) in [6, 6.07) is 17.4. The van der Waals surface area contributed by atoms with Crippen molar-refractivity contribution >= 4 is 17.0 Å². The van der Waals surface area contributed by atoms with E-state index in [0.717, 1.165) is 45.7 Å². The summed E-state index contributed by atoms with van der Waals surface area (Å²) in [5, 5.41) is 0. The number of piperazine rings is 1. The fourth-order valence-electron chi connectivity index (χ4n) is 4.43. The van der Waals surface area contributed by atoms with Crippen molar-refractivity contribution in [2.75, 3.05) is 37.6 Å². The molecule has 0 unspecified atom stereocenters. The van der Waals surface area contributed by atoms with Crippen LogP contribution in [-0.2, 0) is 19.4 Å². The summed E-state index contributed by atoms with van der Waals surface area (Å²) in [6.07, 6.45) is 3.56. The molecule has 3 heterocycles. The number of hydrogen-bond acceptors (Lipinski definition) is 3.